The Morgan fingerprint density at radius 3 is 2.41 bits per heavy atom. The minimum Gasteiger partial charge on any atom is -0.379 e. The number of anilines is 1. The zero-order chi connectivity index (χ0) is 18.9. The lowest BCUT2D eigenvalue weighted by Gasteiger charge is -2.31. The van der Waals surface area contributed by atoms with Crippen LogP contribution >= 0.6 is 0 Å². The highest BCUT2D eigenvalue weighted by Crippen LogP contribution is 2.19. The molecule has 1 aromatic heterocycles. The first-order valence-corrected chi connectivity index (χ1v) is 9.60. The molecule has 0 saturated carbocycles. The second kappa shape index (κ2) is 10.2. The summed E-state index contributed by atoms with van der Waals surface area (Å²) in [6.45, 7) is 6.65. The first-order valence-electron chi connectivity index (χ1n) is 9.60. The molecule has 0 atom stereocenters. The third kappa shape index (κ3) is 6.14. The van der Waals surface area contributed by atoms with Crippen LogP contribution in [0, 0.1) is 5.92 Å². The number of morpholine rings is 1. The Kier molecular flexibility index (Phi) is 7.35. The molecular weight excluding hydrogens is 348 g/mol. The molecule has 27 heavy (non-hydrogen) atoms. The van der Waals surface area contributed by atoms with Gasteiger partial charge in [0, 0.05) is 58.2 Å². The Morgan fingerprint density at radius 1 is 1.04 bits per heavy atom. The van der Waals surface area contributed by atoms with E-state index in [2.05, 4.69) is 30.4 Å². The van der Waals surface area contributed by atoms with Gasteiger partial charge in [-0.25, -0.2) is 9.97 Å². The quantitative estimate of drug-likeness (QED) is 0.631. The normalized spacial score (nSPS) is 18.9. The predicted molar refractivity (Wildman–Crippen MR) is 100 cm³/mol. The summed E-state index contributed by atoms with van der Waals surface area (Å²) in [7, 11) is 0. The first-order chi connectivity index (χ1) is 13.2. The Labute approximate surface area is 159 Å². The Balaban J connectivity index is 1.29. The maximum absolute atomic E-state index is 12.0. The fourth-order valence-corrected chi connectivity index (χ4v) is 3.34. The van der Waals surface area contributed by atoms with Crippen molar-refractivity contribution in [2.45, 2.75) is 12.8 Å². The Hall–Kier alpha value is -2.26. The van der Waals surface area contributed by atoms with Crippen LogP contribution in [0.5, 0.6) is 0 Å². The monoisotopic (exact) mass is 376 g/mol. The van der Waals surface area contributed by atoms with Crippen LogP contribution in [0.3, 0.4) is 0 Å². The van der Waals surface area contributed by atoms with Crippen LogP contribution in [0.4, 0.5) is 5.95 Å². The van der Waals surface area contributed by atoms with Crippen molar-refractivity contribution in [2.75, 3.05) is 63.9 Å². The summed E-state index contributed by atoms with van der Waals surface area (Å²) < 4.78 is 5.28. The lowest BCUT2D eigenvalue weighted by Crippen LogP contribution is -2.46. The summed E-state index contributed by atoms with van der Waals surface area (Å²) in [5, 5.41) is 5.45. The molecule has 0 unspecified atom stereocenters. The SMILES string of the molecule is O=C(NCCN1CCOCC1)C(=O)NCC1CCN(c2ncccn2)CC1. The molecule has 3 rings (SSSR count). The van der Waals surface area contributed by atoms with E-state index in [0.29, 0.717) is 19.0 Å². The highest BCUT2D eigenvalue weighted by molar-refractivity contribution is 6.35. The van der Waals surface area contributed by atoms with E-state index in [4.69, 9.17) is 4.74 Å². The van der Waals surface area contributed by atoms with Crippen LogP contribution in [0.25, 0.3) is 0 Å². The molecule has 2 aliphatic heterocycles. The van der Waals surface area contributed by atoms with Crippen molar-refractivity contribution in [3.8, 4) is 0 Å². The van der Waals surface area contributed by atoms with Crippen LogP contribution in [-0.4, -0.2) is 85.7 Å². The van der Waals surface area contributed by atoms with Crippen molar-refractivity contribution in [1.29, 1.82) is 0 Å². The number of hydrogen-bond donors (Lipinski definition) is 2. The van der Waals surface area contributed by atoms with E-state index in [1.54, 1.807) is 18.5 Å². The van der Waals surface area contributed by atoms with Gasteiger partial charge in [-0.05, 0) is 24.8 Å². The van der Waals surface area contributed by atoms with Crippen LogP contribution in [-0.2, 0) is 14.3 Å². The molecule has 148 valence electrons. The van der Waals surface area contributed by atoms with Gasteiger partial charge in [0.05, 0.1) is 13.2 Å². The molecule has 0 spiro atoms. The van der Waals surface area contributed by atoms with E-state index in [-0.39, 0.29) is 0 Å². The first kappa shape index (κ1) is 19.5. The molecule has 9 nitrogen and oxygen atoms in total. The van der Waals surface area contributed by atoms with E-state index in [0.717, 1.165) is 64.7 Å². The second-order valence-corrected chi connectivity index (χ2v) is 6.90. The number of amides is 2. The van der Waals surface area contributed by atoms with Gasteiger partial charge in [-0.2, -0.15) is 0 Å². The molecule has 3 heterocycles. The number of aromatic nitrogens is 2. The number of hydrogen-bond acceptors (Lipinski definition) is 7. The van der Waals surface area contributed by atoms with E-state index in [1.165, 1.54) is 0 Å². The van der Waals surface area contributed by atoms with Gasteiger partial charge in [-0.3, -0.25) is 14.5 Å². The van der Waals surface area contributed by atoms with E-state index < -0.39 is 11.8 Å². The molecule has 2 N–H and O–H groups in total. The van der Waals surface area contributed by atoms with Gasteiger partial charge in [-0.15, -0.1) is 0 Å². The molecular formula is C18H28N6O3. The minimum absolute atomic E-state index is 0.370. The van der Waals surface area contributed by atoms with Crippen molar-refractivity contribution >= 4 is 17.8 Å². The average Bonchev–Trinajstić information content (AvgIpc) is 2.73. The molecule has 2 fully saturated rings. The number of nitrogens with one attached hydrogen (secondary N) is 2. The molecule has 2 aliphatic rings. The van der Waals surface area contributed by atoms with Gasteiger partial charge >= 0.3 is 11.8 Å². The average molecular weight is 376 g/mol. The molecule has 1 aromatic rings. The minimum atomic E-state index is -0.557. The van der Waals surface area contributed by atoms with Crippen LogP contribution in [0.1, 0.15) is 12.8 Å². The zero-order valence-electron chi connectivity index (χ0n) is 15.6. The number of carbonyl (C=O) groups is 2. The number of piperidine rings is 1. The molecule has 0 radical (unpaired) electrons. The standard InChI is InChI=1S/C18H28N6O3/c25-16(19-6-9-23-10-12-27-13-11-23)17(26)22-14-15-2-7-24(8-3-15)18-20-4-1-5-21-18/h1,4-5,15H,2-3,6-14H2,(H,19,25)(H,22,26). The third-order valence-corrected chi connectivity index (χ3v) is 5.02. The van der Waals surface area contributed by atoms with Gasteiger partial charge in [0.2, 0.25) is 5.95 Å². The van der Waals surface area contributed by atoms with Crippen LogP contribution in [0.15, 0.2) is 18.5 Å². The molecule has 2 saturated heterocycles. The van der Waals surface area contributed by atoms with Crippen LogP contribution < -0.4 is 15.5 Å². The summed E-state index contributed by atoms with van der Waals surface area (Å²) in [6.07, 6.45) is 5.37. The highest BCUT2D eigenvalue weighted by atomic mass is 16.5. The molecule has 0 bridgehead atoms. The fraction of sp³-hybridized carbons (Fsp3) is 0.667. The number of rotatable bonds is 6. The number of carbonyl (C=O) groups excluding carboxylic acids is 2. The maximum atomic E-state index is 12.0. The summed E-state index contributed by atoms with van der Waals surface area (Å²) in [4.78, 5) is 36.8. The van der Waals surface area contributed by atoms with Crippen molar-refractivity contribution in [3.05, 3.63) is 18.5 Å². The lowest BCUT2D eigenvalue weighted by atomic mass is 9.97. The molecule has 9 heteroatoms. The van der Waals surface area contributed by atoms with E-state index >= 15 is 0 Å². The van der Waals surface area contributed by atoms with E-state index in [9.17, 15) is 9.59 Å². The second-order valence-electron chi connectivity index (χ2n) is 6.90. The maximum Gasteiger partial charge on any atom is 0.309 e. The molecule has 2 amide bonds. The van der Waals surface area contributed by atoms with Gasteiger partial charge in [0.25, 0.3) is 0 Å². The molecule has 0 aromatic carbocycles. The lowest BCUT2D eigenvalue weighted by molar-refractivity contribution is -0.139. The summed E-state index contributed by atoms with van der Waals surface area (Å²) in [5.41, 5.74) is 0. The van der Waals surface area contributed by atoms with Gasteiger partial charge in [-0.1, -0.05) is 0 Å². The van der Waals surface area contributed by atoms with Crippen molar-refractivity contribution in [1.82, 2.24) is 25.5 Å². The number of nitrogens with zero attached hydrogens (tertiary/aromatic N) is 4. The van der Waals surface area contributed by atoms with Crippen molar-refractivity contribution < 1.29 is 14.3 Å². The van der Waals surface area contributed by atoms with Gasteiger partial charge in [0.15, 0.2) is 0 Å². The number of ether oxygens (including phenoxy) is 1. The topological polar surface area (TPSA) is 99.7 Å². The fourth-order valence-electron chi connectivity index (χ4n) is 3.34. The van der Waals surface area contributed by atoms with Crippen molar-refractivity contribution in [2.24, 2.45) is 5.92 Å². The largest absolute Gasteiger partial charge is 0.379 e. The van der Waals surface area contributed by atoms with Gasteiger partial charge < -0.3 is 20.3 Å². The predicted octanol–water partition coefficient (Wildman–Crippen LogP) is -0.742. The van der Waals surface area contributed by atoms with Crippen molar-refractivity contribution in [3.63, 3.8) is 0 Å². The Morgan fingerprint density at radius 2 is 1.70 bits per heavy atom. The Bertz CT molecular complexity index is 600. The smallest absolute Gasteiger partial charge is 0.309 e. The van der Waals surface area contributed by atoms with E-state index in [1.807, 2.05) is 0 Å². The van der Waals surface area contributed by atoms with Crippen LogP contribution in [0.2, 0.25) is 0 Å². The zero-order valence-corrected chi connectivity index (χ0v) is 15.6. The van der Waals surface area contributed by atoms with Gasteiger partial charge in [0.1, 0.15) is 0 Å². The highest BCUT2D eigenvalue weighted by Gasteiger charge is 2.22. The molecule has 0 aliphatic carbocycles. The summed E-state index contributed by atoms with van der Waals surface area (Å²) in [6, 6.07) is 1.80. The third-order valence-electron chi connectivity index (χ3n) is 5.02. The summed E-state index contributed by atoms with van der Waals surface area (Å²) in [5.74, 6) is 0.0128. The summed E-state index contributed by atoms with van der Waals surface area (Å²) >= 11 is 0.